The van der Waals surface area contributed by atoms with Crippen LogP contribution in [0.4, 0.5) is 10.5 Å². The Morgan fingerprint density at radius 1 is 1.16 bits per heavy atom. The molecule has 2 aromatic carbocycles. The molecule has 3 aromatic rings. The quantitative estimate of drug-likeness (QED) is 0.366. The number of benzene rings is 2. The van der Waals surface area contributed by atoms with Gasteiger partial charge in [0.1, 0.15) is 18.4 Å². The van der Waals surface area contributed by atoms with Gasteiger partial charge >= 0.3 is 6.03 Å². The van der Waals surface area contributed by atoms with Crippen molar-refractivity contribution in [3.63, 3.8) is 0 Å². The van der Waals surface area contributed by atoms with E-state index in [0.717, 1.165) is 53.8 Å². The number of hydrogen-bond acceptors (Lipinski definition) is 5. The van der Waals surface area contributed by atoms with Crippen molar-refractivity contribution in [2.75, 3.05) is 45.8 Å². The molecule has 1 aromatic heterocycles. The maximum atomic E-state index is 12.1. The molecule has 0 radical (unpaired) electrons. The largest absolute Gasteiger partial charge is 0.492 e. The van der Waals surface area contributed by atoms with Crippen molar-refractivity contribution in [2.24, 2.45) is 0 Å². The molecular formula is C29H37N5O3. The molecule has 1 aliphatic carbocycles. The summed E-state index contributed by atoms with van der Waals surface area (Å²) in [6.45, 7) is 6.77. The Kier molecular flexibility index (Phi) is 8.70. The van der Waals surface area contributed by atoms with Crippen LogP contribution in [0.2, 0.25) is 0 Å². The van der Waals surface area contributed by atoms with Crippen LogP contribution >= 0.6 is 0 Å². The highest BCUT2D eigenvalue weighted by molar-refractivity contribution is 5.96. The van der Waals surface area contributed by atoms with Gasteiger partial charge in [-0.25, -0.2) is 4.79 Å². The number of aromatic nitrogens is 1. The molecule has 1 aliphatic rings. The monoisotopic (exact) mass is 503 g/mol. The number of likely N-dealkylation sites (N-methyl/N-ethyl adjacent to an activating group) is 1. The molecule has 0 bridgehead atoms. The number of nitrogens with one attached hydrogen (secondary N) is 2. The fourth-order valence-electron chi connectivity index (χ4n) is 4.62. The summed E-state index contributed by atoms with van der Waals surface area (Å²) in [5.74, 6) is 0.803. The van der Waals surface area contributed by atoms with Gasteiger partial charge in [0.2, 0.25) is 0 Å². The molecule has 4 rings (SSSR count). The van der Waals surface area contributed by atoms with Gasteiger partial charge in [0, 0.05) is 49.4 Å². The van der Waals surface area contributed by atoms with Gasteiger partial charge in [0.15, 0.2) is 0 Å². The molecule has 2 amide bonds. The van der Waals surface area contributed by atoms with E-state index in [9.17, 15) is 10.1 Å². The highest BCUT2D eigenvalue weighted by Gasteiger charge is 2.28. The van der Waals surface area contributed by atoms with E-state index in [2.05, 4.69) is 39.3 Å². The van der Waals surface area contributed by atoms with Gasteiger partial charge in [-0.3, -0.25) is 0 Å². The van der Waals surface area contributed by atoms with E-state index in [4.69, 9.17) is 9.47 Å². The van der Waals surface area contributed by atoms with Crippen molar-refractivity contribution in [2.45, 2.75) is 45.2 Å². The molecule has 1 fully saturated rings. The molecule has 0 spiro atoms. The second kappa shape index (κ2) is 12.1. The van der Waals surface area contributed by atoms with Crippen molar-refractivity contribution in [1.29, 1.82) is 5.26 Å². The molecule has 0 aliphatic heterocycles. The molecule has 0 unspecified atom stereocenters. The lowest BCUT2D eigenvalue weighted by molar-refractivity contribution is 0.150. The fourth-order valence-corrected chi connectivity index (χ4v) is 4.62. The Morgan fingerprint density at radius 2 is 1.89 bits per heavy atom. The topological polar surface area (TPSA) is 91.6 Å². The van der Waals surface area contributed by atoms with Crippen LogP contribution in [0.25, 0.3) is 22.2 Å². The first-order chi connectivity index (χ1) is 17.9. The number of rotatable bonds is 11. The molecule has 1 heterocycles. The number of carbonyl (C=O) groups is 1. The van der Waals surface area contributed by atoms with Crippen molar-refractivity contribution >= 4 is 22.6 Å². The lowest BCUT2D eigenvalue weighted by atomic mass is 9.92. The van der Waals surface area contributed by atoms with E-state index >= 15 is 0 Å². The number of anilines is 1. The first kappa shape index (κ1) is 26.5. The van der Waals surface area contributed by atoms with Gasteiger partial charge in [-0.05, 0) is 70.0 Å². The van der Waals surface area contributed by atoms with E-state index in [0.29, 0.717) is 30.5 Å². The summed E-state index contributed by atoms with van der Waals surface area (Å²) >= 11 is 0. The van der Waals surface area contributed by atoms with Crippen LogP contribution in [0, 0.1) is 11.3 Å². The summed E-state index contributed by atoms with van der Waals surface area (Å²) in [7, 11) is 3.76. The van der Waals surface area contributed by atoms with Gasteiger partial charge in [-0.15, -0.1) is 0 Å². The average molecular weight is 504 g/mol. The third-order valence-electron chi connectivity index (χ3n) is 6.78. The van der Waals surface area contributed by atoms with Crippen LogP contribution in [-0.4, -0.2) is 62.0 Å². The minimum absolute atomic E-state index is 0.0566. The summed E-state index contributed by atoms with van der Waals surface area (Å²) in [6.07, 6.45) is 3.36. The maximum absolute atomic E-state index is 12.1. The Labute approximate surface area is 219 Å². The SMILES string of the molecule is COCCN(C)CCOc1ccc2c(C#N)c(-c3ccc(NC(=O)NC(C)C)cc3)n(C3CCC3)c2c1. The number of fused-ring (bicyclic) bond motifs is 1. The number of carbonyl (C=O) groups excluding carboxylic acids is 1. The van der Waals surface area contributed by atoms with Gasteiger partial charge < -0.3 is 29.6 Å². The van der Waals surface area contributed by atoms with Crippen LogP contribution in [0.15, 0.2) is 42.5 Å². The van der Waals surface area contributed by atoms with Crippen molar-refractivity contribution < 1.29 is 14.3 Å². The molecule has 8 heteroatoms. The summed E-state index contributed by atoms with van der Waals surface area (Å²) in [5.41, 5.74) is 4.29. The normalized spacial score (nSPS) is 13.5. The van der Waals surface area contributed by atoms with Gasteiger partial charge in [-0.1, -0.05) is 12.1 Å². The van der Waals surface area contributed by atoms with Gasteiger partial charge in [0.05, 0.1) is 23.4 Å². The molecular weight excluding hydrogens is 466 g/mol. The summed E-state index contributed by atoms with van der Waals surface area (Å²) in [4.78, 5) is 14.3. The van der Waals surface area contributed by atoms with Gasteiger partial charge in [0.25, 0.3) is 0 Å². The van der Waals surface area contributed by atoms with E-state index < -0.39 is 0 Å². The second-order valence-electron chi connectivity index (χ2n) is 9.94. The third kappa shape index (κ3) is 6.24. The predicted molar refractivity (Wildman–Crippen MR) is 147 cm³/mol. The van der Waals surface area contributed by atoms with E-state index in [-0.39, 0.29) is 12.1 Å². The summed E-state index contributed by atoms with van der Waals surface area (Å²) in [5, 5.41) is 16.8. The lowest BCUT2D eigenvalue weighted by Crippen LogP contribution is -2.34. The Morgan fingerprint density at radius 3 is 2.51 bits per heavy atom. The standard InChI is InChI=1S/C29H37N5O3/c1-20(2)31-29(35)32-22-10-8-21(9-11-22)28-26(19-30)25-13-12-24(37-17-15-33(3)14-16-36-4)18-27(25)34(28)23-6-5-7-23/h8-13,18,20,23H,5-7,14-17H2,1-4H3,(H2,31,32,35). The predicted octanol–water partition coefficient (Wildman–Crippen LogP) is 5.39. The summed E-state index contributed by atoms with van der Waals surface area (Å²) < 4.78 is 13.6. The zero-order valence-corrected chi connectivity index (χ0v) is 22.2. The number of nitrogens with zero attached hydrogens (tertiary/aromatic N) is 3. The Hall–Kier alpha value is -3.54. The highest BCUT2D eigenvalue weighted by Crippen LogP contribution is 2.43. The highest BCUT2D eigenvalue weighted by atomic mass is 16.5. The van der Waals surface area contributed by atoms with Crippen LogP contribution in [-0.2, 0) is 4.74 Å². The fraction of sp³-hybridized carbons (Fsp3) is 0.448. The molecule has 196 valence electrons. The van der Waals surface area contributed by atoms with Crippen LogP contribution in [0.5, 0.6) is 5.75 Å². The zero-order chi connectivity index (χ0) is 26.4. The number of amides is 2. The first-order valence-corrected chi connectivity index (χ1v) is 13.0. The van der Waals surface area contributed by atoms with Crippen molar-refractivity contribution in [1.82, 2.24) is 14.8 Å². The number of methoxy groups -OCH3 is 1. The van der Waals surface area contributed by atoms with E-state index in [1.54, 1.807) is 7.11 Å². The van der Waals surface area contributed by atoms with Gasteiger partial charge in [-0.2, -0.15) is 5.26 Å². The minimum atomic E-state index is -0.235. The third-order valence-corrected chi connectivity index (χ3v) is 6.78. The van der Waals surface area contributed by atoms with Crippen molar-refractivity contribution in [3.05, 3.63) is 48.0 Å². The molecule has 2 N–H and O–H groups in total. The zero-order valence-electron chi connectivity index (χ0n) is 22.2. The molecule has 37 heavy (non-hydrogen) atoms. The Bertz CT molecular complexity index is 1260. The number of ether oxygens (including phenoxy) is 2. The summed E-state index contributed by atoms with van der Waals surface area (Å²) in [6, 6.07) is 16.4. The molecule has 0 saturated heterocycles. The number of hydrogen-bond donors (Lipinski definition) is 2. The second-order valence-corrected chi connectivity index (χ2v) is 9.94. The Balaban J connectivity index is 1.62. The maximum Gasteiger partial charge on any atom is 0.319 e. The van der Waals surface area contributed by atoms with E-state index in [1.165, 1.54) is 6.42 Å². The number of nitriles is 1. The molecule has 8 nitrogen and oxygen atoms in total. The average Bonchev–Trinajstić information content (AvgIpc) is 3.15. The minimum Gasteiger partial charge on any atom is -0.492 e. The molecule has 1 saturated carbocycles. The first-order valence-electron chi connectivity index (χ1n) is 13.0. The lowest BCUT2D eigenvalue weighted by Gasteiger charge is -2.30. The molecule has 0 atom stereocenters. The van der Waals surface area contributed by atoms with Crippen molar-refractivity contribution in [3.8, 4) is 23.1 Å². The van der Waals surface area contributed by atoms with E-state index in [1.807, 2.05) is 50.2 Å². The van der Waals surface area contributed by atoms with Crippen LogP contribution < -0.4 is 15.4 Å². The van der Waals surface area contributed by atoms with Crippen LogP contribution in [0.3, 0.4) is 0 Å². The van der Waals surface area contributed by atoms with Crippen LogP contribution in [0.1, 0.15) is 44.7 Å². The number of urea groups is 1. The smallest absolute Gasteiger partial charge is 0.319 e.